The highest BCUT2D eigenvalue weighted by Crippen LogP contribution is 2.33. The molecule has 1 spiro atoms. The Labute approximate surface area is 78.2 Å². The Hall–Kier alpha value is -0.770. The second-order valence-electron chi connectivity index (χ2n) is 4.95. The van der Waals surface area contributed by atoms with Gasteiger partial charge in [-0.3, -0.25) is 4.90 Å². The highest BCUT2D eigenvalue weighted by molar-refractivity contribution is 5.70. The molecule has 2 aliphatic heterocycles. The van der Waals surface area contributed by atoms with Crippen molar-refractivity contribution in [2.45, 2.75) is 31.9 Å². The Bertz CT molecular complexity index is 238. The fourth-order valence-electron chi connectivity index (χ4n) is 1.80. The average Bonchev–Trinajstić information content (AvgIpc) is 2.25. The number of amides is 1. The summed E-state index contributed by atoms with van der Waals surface area (Å²) in [6, 6.07) is 0. The number of nitrogens with one attached hydrogen (secondary N) is 1. The minimum Gasteiger partial charge on any atom is -0.438 e. The first-order valence-electron chi connectivity index (χ1n) is 4.63. The third kappa shape index (κ3) is 1.39. The first-order chi connectivity index (χ1) is 5.91. The number of hydrogen-bond donors (Lipinski definition) is 1. The van der Waals surface area contributed by atoms with Gasteiger partial charge in [-0.05, 0) is 20.8 Å². The van der Waals surface area contributed by atoms with Crippen LogP contribution < -0.4 is 5.32 Å². The molecule has 1 amide bonds. The Balaban J connectivity index is 1.94. The molecule has 2 fully saturated rings. The lowest BCUT2D eigenvalue weighted by Crippen LogP contribution is -2.68. The van der Waals surface area contributed by atoms with E-state index in [2.05, 4.69) is 31.0 Å². The molecule has 4 nitrogen and oxygen atoms in total. The molecule has 13 heavy (non-hydrogen) atoms. The van der Waals surface area contributed by atoms with Crippen LogP contribution in [0.25, 0.3) is 0 Å². The van der Waals surface area contributed by atoms with Crippen molar-refractivity contribution >= 4 is 6.09 Å². The fraction of sp³-hybridized carbons (Fsp3) is 0.889. The van der Waals surface area contributed by atoms with Crippen molar-refractivity contribution in [1.29, 1.82) is 0 Å². The molecule has 2 rings (SSSR count). The molecular formula is C9H16N2O2. The molecular weight excluding hydrogens is 168 g/mol. The number of carbonyl (C=O) groups is 1. The molecule has 0 unspecified atom stereocenters. The fourth-order valence-corrected chi connectivity index (χ4v) is 1.80. The molecule has 2 saturated heterocycles. The van der Waals surface area contributed by atoms with Crippen molar-refractivity contribution in [1.82, 2.24) is 10.2 Å². The van der Waals surface area contributed by atoms with Gasteiger partial charge in [-0.25, -0.2) is 4.79 Å². The molecule has 1 N–H and O–H groups in total. The van der Waals surface area contributed by atoms with Gasteiger partial charge in [-0.15, -0.1) is 0 Å². The zero-order valence-electron chi connectivity index (χ0n) is 8.39. The predicted octanol–water partition coefficient (Wildman–Crippen LogP) is 0.579. The van der Waals surface area contributed by atoms with Gasteiger partial charge in [0.2, 0.25) is 0 Å². The SMILES string of the molecule is CC(C)(C)N1CC2(CNC(=O)O2)C1. The third-order valence-corrected chi connectivity index (χ3v) is 2.77. The lowest BCUT2D eigenvalue weighted by Gasteiger charge is -2.51. The van der Waals surface area contributed by atoms with E-state index in [4.69, 9.17) is 4.74 Å². The molecule has 0 aliphatic carbocycles. The van der Waals surface area contributed by atoms with Crippen molar-refractivity contribution in [3.8, 4) is 0 Å². The molecule has 0 atom stereocenters. The number of likely N-dealkylation sites (tertiary alicyclic amines) is 1. The Kier molecular flexibility index (Phi) is 1.61. The molecule has 0 aromatic carbocycles. The van der Waals surface area contributed by atoms with Crippen molar-refractivity contribution in [3.05, 3.63) is 0 Å². The first-order valence-corrected chi connectivity index (χ1v) is 4.63. The van der Waals surface area contributed by atoms with Gasteiger partial charge in [0.05, 0.1) is 6.54 Å². The quantitative estimate of drug-likeness (QED) is 0.598. The van der Waals surface area contributed by atoms with Crippen LogP contribution in [0.3, 0.4) is 0 Å². The predicted molar refractivity (Wildman–Crippen MR) is 48.5 cm³/mol. The molecule has 0 aromatic rings. The van der Waals surface area contributed by atoms with Crippen LogP contribution in [0, 0.1) is 0 Å². The van der Waals surface area contributed by atoms with Gasteiger partial charge in [0.1, 0.15) is 0 Å². The van der Waals surface area contributed by atoms with Gasteiger partial charge in [-0.1, -0.05) is 0 Å². The van der Waals surface area contributed by atoms with Crippen LogP contribution in [0.5, 0.6) is 0 Å². The molecule has 2 aliphatic rings. The van der Waals surface area contributed by atoms with Crippen molar-refractivity contribution in [2.24, 2.45) is 0 Å². The zero-order chi connectivity index (χ0) is 9.69. The largest absolute Gasteiger partial charge is 0.438 e. The topological polar surface area (TPSA) is 41.6 Å². The summed E-state index contributed by atoms with van der Waals surface area (Å²) in [4.78, 5) is 13.2. The van der Waals surface area contributed by atoms with E-state index in [-0.39, 0.29) is 17.2 Å². The van der Waals surface area contributed by atoms with E-state index >= 15 is 0 Å². The number of alkyl carbamates (subject to hydrolysis) is 1. The van der Waals surface area contributed by atoms with E-state index in [1.54, 1.807) is 0 Å². The van der Waals surface area contributed by atoms with E-state index in [1.165, 1.54) is 0 Å². The maximum atomic E-state index is 10.9. The Morgan fingerprint density at radius 2 is 2.08 bits per heavy atom. The lowest BCUT2D eigenvalue weighted by atomic mass is 9.88. The Morgan fingerprint density at radius 1 is 1.46 bits per heavy atom. The van der Waals surface area contributed by atoms with Gasteiger partial charge in [0, 0.05) is 18.6 Å². The van der Waals surface area contributed by atoms with E-state index in [9.17, 15) is 4.79 Å². The van der Waals surface area contributed by atoms with Gasteiger partial charge < -0.3 is 10.1 Å². The third-order valence-electron chi connectivity index (χ3n) is 2.77. The maximum Gasteiger partial charge on any atom is 0.407 e. The molecule has 2 heterocycles. The minimum absolute atomic E-state index is 0.181. The first kappa shape index (κ1) is 8.81. The average molecular weight is 184 g/mol. The molecule has 0 bridgehead atoms. The summed E-state index contributed by atoms with van der Waals surface area (Å²) in [6.07, 6.45) is -0.270. The number of ether oxygens (including phenoxy) is 1. The van der Waals surface area contributed by atoms with Gasteiger partial charge in [0.25, 0.3) is 0 Å². The van der Waals surface area contributed by atoms with Crippen LogP contribution in [-0.2, 0) is 4.74 Å². The second kappa shape index (κ2) is 2.38. The standard InChI is InChI=1S/C9H16N2O2/c1-8(2,3)11-5-9(6-11)4-10-7(12)13-9/h4-6H2,1-3H3,(H,10,12). The van der Waals surface area contributed by atoms with E-state index in [0.29, 0.717) is 6.54 Å². The monoisotopic (exact) mass is 184 g/mol. The summed E-state index contributed by atoms with van der Waals surface area (Å²) in [7, 11) is 0. The van der Waals surface area contributed by atoms with Crippen LogP contribution in [0.4, 0.5) is 4.79 Å². The summed E-state index contributed by atoms with van der Waals surface area (Å²) in [5.74, 6) is 0. The normalized spacial score (nSPS) is 26.8. The van der Waals surface area contributed by atoms with E-state index in [0.717, 1.165) is 13.1 Å². The van der Waals surface area contributed by atoms with Crippen LogP contribution in [0.15, 0.2) is 0 Å². The maximum absolute atomic E-state index is 10.9. The lowest BCUT2D eigenvalue weighted by molar-refractivity contribution is -0.109. The van der Waals surface area contributed by atoms with Crippen molar-refractivity contribution in [3.63, 3.8) is 0 Å². The number of carbonyl (C=O) groups excluding carboxylic acids is 1. The summed E-state index contributed by atoms with van der Waals surface area (Å²) in [5.41, 5.74) is -0.0371. The summed E-state index contributed by atoms with van der Waals surface area (Å²) < 4.78 is 5.22. The smallest absolute Gasteiger partial charge is 0.407 e. The molecule has 0 aromatic heterocycles. The van der Waals surface area contributed by atoms with Gasteiger partial charge in [0.15, 0.2) is 5.60 Å². The highest BCUT2D eigenvalue weighted by Gasteiger charge is 2.52. The van der Waals surface area contributed by atoms with Crippen LogP contribution in [0.2, 0.25) is 0 Å². The van der Waals surface area contributed by atoms with Crippen LogP contribution in [0.1, 0.15) is 20.8 Å². The molecule has 74 valence electrons. The van der Waals surface area contributed by atoms with Crippen molar-refractivity contribution in [2.75, 3.05) is 19.6 Å². The molecule has 4 heteroatoms. The van der Waals surface area contributed by atoms with Crippen LogP contribution in [-0.4, -0.2) is 41.8 Å². The van der Waals surface area contributed by atoms with E-state index < -0.39 is 0 Å². The second-order valence-corrected chi connectivity index (χ2v) is 4.95. The number of hydrogen-bond acceptors (Lipinski definition) is 3. The highest BCUT2D eigenvalue weighted by atomic mass is 16.6. The van der Waals surface area contributed by atoms with E-state index in [1.807, 2.05) is 0 Å². The van der Waals surface area contributed by atoms with Gasteiger partial charge >= 0.3 is 6.09 Å². The number of nitrogens with zero attached hydrogens (tertiary/aromatic N) is 1. The zero-order valence-corrected chi connectivity index (χ0v) is 8.39. The summed E-state index contributed by atoms with van der Waals surface area (Å²) >= 11 is 0. The minimum atomic E-state index is -0.270. The van der Waals surface area contributed by atoms with Crippen molar-refractivity contribution < 1.29 is 9.53 Å². The Morgan fingerprint density at radius 3 is 2.46 bits per heavy atom. The molecule has 0 saturated carbocycles. The molecule has 0 radical (unpaired) electrons. The summed E-state index contributed by atoms with van der Waals surface area (Å²) in [6.45, 7) is 8.89. The summed E-state index contributed by atoms with van der Waals surface area (Å²) in [5, 5.41) is 2.70. The number of rotatable bonds is 0. The van der Waals surface area contributed by atoms with Gasteiger partial charge in [-0.2, -0.15) is 0 Å². The van der Waals surface area contributed by atoms with Crippen LogP contribution >= 0.6 is 0 Å².